The molecule has 0 bridgehead atoms. The van der Waals surface area contributed by atoms with E-state index in [-0.39, 0.29) is 12.5 Å². The fourth-order valence-electron chi connectivity index (χ4n) is 1.35. The fourth-order valence-corrected chi connectivity index (χ4v) is 1.35. The van der Waals surface area contributed by atoms with Crippen LogP contribution in [-0.2, 0) is 11.2 Å². The van der Waals surface area contributed by atoms with Gasteiger partial charge in [0, 0.05) is 0 Å². The summed E-state index contributed by atoms with van der Waals surface area (Å²) in [7, 11) is 0. The van der Waals surface area contributed by atoms with Crippen molar-refractivity contribution in [3.05, 3.63) is 35.4 Å². The van der Waals surface area contributed by atoms with Gasteiger partial charge in [-0.05, 0) is 26.3 Å². The summed E-state index contributed by atoms with van der Waals surface area (Å²) in [4.78, 5) is 11.6. The fraction of sp³-hybridized carbons (Fsp3) is 0.462. The molecule has 2 N–H and O–H groups in total. The second-order valence-electron chi connectivity index (χ2n) is 4.75. The minimum absolute atomic E-state index is 0.0629. The second kappa shape index (κ2) is 5.12. The summed E-state index contributed by atoms with van der Waals surface area (Å²) in [5.41, 5.74) is 1.61. The molecule has 0 unspecified atom stereocenters. The van der Waals surface area contributed by atoms with Crippen LogP contribution >= 0.6 is 0 Å². The van der Waals surface area contributed by atoms with E-state index in [1.807, 2.05) is 31.2 Å². The lowest BCUT2D eigenvalue weighted by molar-refractivity contribution is -0.122. The van der Waals surface area contributed by atoms with Gasteiger partial charge in [-0.15, -0.1) is 0 Å². The van der Waals surface area contributed by atoms with Crippen LogP contribution in [0.15, 0.2) is 24.3 Å². The van der Waals surface area contributed by atoms with Gasteiger partial charge in [0.15, 0.2) is 0 Å². The van der Waals surface area contributed by atoms with E-state index < -0.39 is 5.54 Å². The van der Waals surface area contributed by atoms with Crippen LogP contribution in [0.3, 0.4) is 0 Å². The van der Waals surface area contributed by atoms with Gasteiger partial charge < -0.3 is 10.4 Å². The number of nitrogens with one attached hydrogen (secondary N) is 1. The van der Waals surface area contributed by atoms with Gasteiger partial charge in [0.25, 0.3) is 0 Å². The number of carbonyl (C=O) groups excluding carboxylic acids is 1. The normalized spacial score (nSPS) is 11.2. The number of rotatable bonds is 4. The van der Waals surface area contributed by atoms with Crippen molar-refractivity contribution in [3.63, 3.8) is 0 Å². The topological polar surface area (TPSA) is 49.3 Å². The minimum atomic E-state index is -0.554. The van der Waals surface area contributed by atoms with Gasteiger partial charge in [0.2, 0.25) is 5.91 Å². The van der Waals surface area contributed by atoms with E-state index in [0.717, 1.165) is 5.56 Å². The number of aliphatic hydroxyl groups is 1. The van der Waals surface area contributed by atoms with Crippen LogP contribution in [0.25, 0.3) is 0 Å². The molecule has 3 nitrogen and oxygen atoms in total. The third kappa shape index (κ3) is 4.03. The molecule has 16 heavy (non-hydrogen) atoms. The predicted molar refractivity (Wildman–Crippen MR) is 64.2 cm³/mol. The number of aryl methyl sites for hydroxylation is 1. The van der Waals surface area contributed by atoms with E-state index in [1.54, 1.807) is 13.8 Å². The average Bonchev–Trinajstić information content (AvgIpc) is 2.21. The van der Waals surface area contributed by atoms with Gasteiger partial charge in [0.1, 0.15) is 0 Å². The van der Waals surface area contributed by atoms with E-state index >= 15 is 0 Å². The lowest BCUT2D eigenvalue weighted by Gasteiger charge is -2.23. The Hall–Kier alpha value is -1.35. The number of amides is 1. The van der Waals surface area contributed by atoms with Crippen molar-refractivity contribution in [2.45, 2.75) is 32.7 Å². The monoisotopic (exact) mass is 221 g/mol. The third-order valence-corrected chi connectivity index (χ3v) is 2.36. The van der Waals surface area contributed by atoms with E-state index in [4.69, 9.17) is 5.11 Å². The summed E-state index contributed by atoms with van der Waals surface area (Å²) in [6.45, 7) is 5.53. The van der Waals surface area contributed by atoms with Crippen molar-refractivity contribution in [1.82, 2.24) is 5.32 Å². The molecular formula is C13H19NO2. The average molecular weight is 221 g/mol. The Morgan fingerprint density at radius 3 is 2.38 bits per heavy atom. The summed E-state index contributed by atoms with van der Waals surface area (Å²) in [6, 6.07) is 7.86. The number of benzene rings is 1. The lowest BCUT2D eigenvalue weighted by Crippen LogP contribution is -2.46. The van der Waals surface area contributed by atoms with Crippen LogP contribution < -0.4 is 5.32 Å². The molecule has 0 saturated heterocycles. The molecule has 0 fully saturated rings. The second-order valence-corrected chi connectivity index (χ2v) is 4.75. The van der Waals surface area contributed by atoms with Crippen LogP contribution in [-0.4, -0.2) is 23.2 Å². The molecular weight excluding hydrogens is 202 g/mol. The van der Waals surface area contributed by atoms with Gasteiger partial charge in [0.05, 0.1) is 18.6 Å². The van der Waals surface area contributed by atoms with Crippen molar-refractivity contribution in [2.75, 3.05) is 6.61 Å². The van der Waals surface area contributed by atoms with Crippen LogP contribution in [0.1, 0.15) is 25.0 Å². The highest BCUT2D eigenvalue weighted by Gasteiger charge is 2.18. The highest BCUT2D eigenvalue weighted by Crippen LogP contribution is 2.05. The molecule has 1 rings (SSSR count). The highest BCUT2D eigenvalue weighted by atomic mass is 16.3. The summed E-state index contributed by atoms with van der Waals surface area (Å²) in [6.07, 6.45) is 0.351. The summed E-state index contributed by atoms with van der Waals surface area (Å²) < 4.78 is 0. The van der Waals surface area contributed by atoms with E-state index in [9.17, 15) is 4.79 Å². The number of hydrogen-bond donors (Lipinski definition) is 2. The summed E-state index contributed by atoms with van der Waals surface area (Å²) in [5.74, 6) is -0.0668. The Bertz CT molecular complexity index is 355. The zero-order chi connectivity index (χ0) is 12.2. The summed E-state index contributed by atoms with van der Waals surface area (Å²) >= 11 is 0. The van der Waals surface area contributed by atoms with Crippen molar-refractivity contribution in [2.24, 2.45) is 0 Å². The van der Waals surface area contributed by atoms with Gasteiger partial charge in [-0.3, -0.25) is 4.79 Å². The molecule has 0 saturated carbocycles. The maximum Gasteiger partial charge on any atom is 0.224 e. The Labute approximate surface area is 96.5 Å². The third-order valence-electron chi connectivity index (χ3n) is 2.36. The molecule has 0 spiro atoms. The van der Waals surface area contributed by atoms with E-state index in [0.29, 0.717) is 6.42 Å². The van der Waals surface area contributed by atoms with Crippen molar-refractivity contribution >= 4 is 5.91 Å². The first-order valence-electron chi connectivity index (χ1n) is 5.40. The highest BCUT2D eigenvalue weighted by molar-refractivity contribution is 5.79. The molecule has 0 atom stereocenters. The number of aliphatic hydroxyl groups excluding tert-OH is 1. The van der Waals surface area contributed by atoms with Gasteiger partial charge in [-0.1, -0.05) is 29.8 Å². The molecule has 0 aromatic heterocycles. The zero-order valence-electron chi connectivity index (χ0n) is 10.1. The SMILES string of the molecule is Cc1ccc(CC(=O)NC(C)(C)CO)cc1. The molecule has 1 aromatic rings. The minimum Gasteiger partial charge on any atom is -0.394 e. The first-order valence-corrected chi connectivity index (χ1v) is 5.40. The summed E-state index contributed by atoms with van der Waals surface area (Å²) in [5, 5.41) is 11.8. The molecule has 3 heteroatoms. The molecule has 88 valence electrons. The Balaban J connectivity index is 2.55. The number of carbonyl (C=O) groups is 1. The Morgan fingerprint density at radius 2 is 1.88 bits per heavy atom. The first kappa shape index (κ1) is 12.7. The van der Waals surface area contributed by atoms with Crippen LogP contribution in [0.4, 0.5) is 0 Å². The maximum atomic E-state index is 11.6. The largest absolute Gasteiger partial charge is 0.394 e. The first-order chi connectivity index (χ1) is 7.43. The predicted octanol–water partition coefficient (Wildman–Crippen LogP) is 1.42. The van der Waals surface area contributed by atoms with Crippen molar-refractivity contribution in [3.8, 4) is 0 Å². The van der Waals surface area contributed by atoms with Crippen molar-refractivity contribution < 1.29 is 9.90 Å². The van der Waals surface area contributed by atoms with Crippen molar-refractivity contribution in [1.29, 1.82) is 0 Å². The standard InChI is InChI=1S/C13H19NO2/c1-10-4-6-11(7-5-10)8-12(16)14-13(2,3)9-15/h4-7,15H,8-9H2,1-3H3,(H,14,16). The molecule has 0 heterocycles. The van der Waals surface area contributed by atoms with Crippen LogP contribution in [0.5, 0.6) is 0 Å². The molecule has 0 aliphatic heterocycles. The van der Waals surface area contributed by atoms with Gasteiger partial charge >= 0.3 is 0 Å². The maximum absolute atomic E-state index is 11.6. The smallest absolute Gasteiger partial charge is 0.224 e. The molecule has 0 radical (unpaired) electrons. The molecule has 1 amide bonds. The van der Waals surface area contributed by atoms with Gasteiger partial charge in [-0.2, -0.15) is 0 Å². The quantitative estimate of drug-likeness (QED) is 0.808. The van der Waals surface area contributed by atoms with Crippen LogP contribution in [0, 0.1) is 6.92 Å². The molecule has 0 aliphatic rings. The lowest BCUT2D eigenvalue weighted by atomic mass is 10.1. The van der Waals surface area contributed by atoms with Crippen LogP contribution in [0.2, 0.25) is 0 Å². The van der Waals surface area contributed by atoms with E-state index in [2.05, 4.69) is 5.32 Å². The Kier molecular flexibility index (Phi) is 4.07. The number of hydrogen-bond acceptors (Lipinski definition) is 2. The van der Waals surface area contributed by atoms with Gasteiger partial charge in [-0.25, -0.2) is 0 Å². The molecule has 0 aliphatic carbocycles. The van der Waals surface area contributed by atoms with E-state index in [1.165, 1.54) is 5.56 Å². The zero-order valence-corrected chi connectivity index (χ0v) is 10.1. The molecule has 1 aromatic carbocycles. The Morgan fingerprint density at radius 1 is 1.31 bits per heavy atom.